The van der Waals surface area contributed by atoms with Crippen LogP contribution in [0.25, 0.3) is 0 Å². The first kappa shape index (κ1) is 13.5. The third-order valence-corrected chi connectivity index (χ3v) is 2.61. The van der Waals surface area contributed by atoms with Crippen molar-refractivity contribution >= 4 is 11.9 Å². The van der Waals surface area contributed by atoms with Crippen LogP contribution in [0.4, 0.5) is 0 Å². The van der Waals surface area contributed by atoms with Crippen molar-refractivity contribution < 1.29 is 19.4 Å². The van der Waals surface area contributed by atoms with Crippen LogP contribution in [0.1, 0.15) is 33.6 Å². The number of carboxylic acid groups (broad SMARTS) is 1. The van der Waals surface area contributed by atoms with Gasteiger partial charge in [0.1, 0.15) is 6.10 Å². The average molecular weight is 238 g/mol. The maximum absolute atomic E-state index is 11.3. The molecule has 1 N–H and O–H groups in total. The Morgan fingerprint density at radius 1 is 1.47 bits per heavy atom. The third-order valence-electron chi connectivity index (χ3n) is 2.61. The SMILES string of the molecule is CC1=CC(OC(=O)C=CC(=O)O)CC(C)(C)C1. The van der Waals surface area contributed by atoms with Gasteiger partial charge in [0, 0.05) is 12.2 Å². The maximum Gasteiger partial charge on any atom is 0.331 e. The highest BCUT2D eigenvalue weighted by Gasteiger charge is 2.28. The Labute approximate surface area is 101 Å². The van der Waals surface area contributed by atoms with Crippen LogP contribution in [0, 0.1) is 5.41 Å². The second-order valence-corrected chi connectivity index (χ2v) is 5.21. The van der Waals surface area contributed by atoms with Crippen molar-refractivity contribution in [2.45, 2.75) is 39.7 Å². The Hall–Kier alpha value is -1.58. The first-order valence-corrected chi connectivity index (χ1v) is 5.57. The molecule has 1 atom stereocenters. The van der Waals surface area contributed by atoms with Crippen LogP contribution in [-0.2, 0) is 14.3 Å². The van der Waals surface area contributed by atoms with Gasteiger partial charge in [0.05, 0.1) is 0 Å². The summed E-state index contributed by atoms with van der Waals surface area (Å²) in [5.74, 6) is -1.77. The molecule has 1 rings (SSSR count). The molecule has 17 heavy (non-hydrogen) atoms. The van der Waals surface area contributed by atoms with Crippen LogP contribution in [-0.4, -0.2) is 23.1 Å². The molecular weight excluding hydrogens is 220 g/mol. The van der Waals surface area contributed by atoms with Crippen molar-refractivity contribution in [3.05, 3.63) is 23.8 Å². The fourth-order valence-electron chi connectivity index (χ4n) is 2.21. The number of hydrogen-bond acceptors (Lipinski definition) is 3. The van der Waals surface area contributed by atoms with Crippen molar-refractivity contribution in [1.29, 1.82) is 0 Å². The fourth-order valence-corrected chi connectivity index (χ4v) is 2.21. The molecule has 0 radical (unpaired) electrons. The lowest BCUT2D eigenvalue weighted by Crippen LogP contribution is -2.28. The molecule has 1 aliphatic rings. The Morgan fingerprint density at radius 2 is 2.12 bits per heavy atom. The van der Waals surface area contributed by atoms with Crippen LogP contribution in [0.2, 0.25) is 0 Å². The second kappa shape index (κ2) is 5.17. The highest BCUT2D eigenvalue weighted by Crippen LogP contribution is 2.36. The molecule has 0 aromatic heterocycles. The average Bonchev–Trinajstić information content (AvgIpc) is 2.11. The molecule has 4 nitrogen and oxygen atoms in total. The van der Waals surface area contributed by atoms with Crippen LogP contribution in [0.3, 0.4) is 0 Å². The van der Waals surface area contributed by atoms with Gasteiger partial charge in [0.2, 0.25) is 0 Å². The zero-order chi connectivity index (χ0) is 13.1. The molecule has 0 aliphatic heterocycles. The van der Waals surface area contributed by atoms with E-state index in [0.717, 1.165) is 25.0 Å². The fraction of sp³-hybridized carbons (Fsp3) is 0.538. The number of carbonyl (C=O) groups is 2. The summed E-state index contributed by atoms with van der Waals surface area (Å²) in [6.45, 7) is 6.25. The van der Waals surface area contributed by atoms with Gasteiger partial charge < -0.3 is 9.84 Å². The second-order valence-electron chi connectivity index (χ2n) is 5.21. The maximum atomic E-state index is 11.3. The molecule has 0 aromatic carbocycles. The molecule has 0 saturated heterocycles. The lowest BCUT2D eigenvalue weighted by atomic mass is 9.76. The Balaban J connectivity index is 2.60. The minimum Gasteiger partial charge on any atom is -0.478 e. The van der Waals surface area contributed by atoms with Gasteiger partial charge >= 0.3 is 11.9 Å². The molecule has 0 fully saturated rings. The van der Waals surface area contributed by atoms with E-state index in [4.69, 9.17) is 9.84 Å². The molecular formula is C13H18O4. The van der Waals surface area contributed by atoms with Crippen molar-refractivity contribution in [3.63, 3.8) is 0 Å². The predicted octanol–water partition coefficient (Wildman–Crippen LogP) is 2.31. The number of aliphatic carboxylic acids is 1. The van der Waals surface area contributed by atoms with Crippen molar-refractivity contribution in [1.82, 2.24) is 0 Å². The van der Waals surface area contributed by atoms with Crippen LogP contribution in [0.5, 0.6) is 0 Å². The molecule has 0 heterocycles. The van der Waals surface area contributed by atoms with Crippen molar-refractivity contribution in [2.75, 3.05) is 0 Å². The number of carboxylic acids is 1. The van der Waals surface area contributed by atoms with E-state index < -0.39 is 11.9 Å². The summed E-state index contributed by atoms with van der Waals surface area (Å²) in [7, 11) is 0. The van der Waals surface area contributed by atoms with Crippen molar-refractivity contribution in [3.8, 4) is 0 Å². The van der Waals surface area contributed by atoms with Gasteiger partial charge in [0.25, 0.3) is 0 Å². The molecule has 0 bridgehead atoms. The number of esters is 1. The summed E-state index contributed by atoms with van der Waals surface area (Å²) in [6.07, 6.45) is 5.14. The van der Waals surface area contributed by atoms with E-state index in [1.807, 2.05) is 13.0 Å². The quantitative estimate of drug-likeness (QED) is 0.465. The highest BCUT2D eigenvalue weighted by atomic mass is 16.5. The van der Waals surface area contributed by atoms with Crippen molar-refractivity contribution in [2.24, 2.45) is 5.41 Å². The van der Waals surface area contributed by atoms with E-state index in [0.29, 0.717) is 0 Å². The first-order valence-electron chi connectivity index (χ1n) is 5.57. The highest BCUT2D eigenvalue weighted by molar-refractivity contribution is 5.90. The lowest BCUT2D eigenvalue weighted by Gasteiger charge is -2.33. The molecule has 94 valence electrons. The van der Waals surface area contributed by atoms with E-state index in [9.17, 15) is 9.59 Å². The molecule has 1 unspecified atom stereocenters. The third kappa shape index (κ3) is 4.85. The summed E-state index contributed by atoms with van der Waals surface area (Å²) in [4.78, 5) is 21.6. The monoisotopic (exact) mass is 238 g/mol. The normalized spacial score (nSPS) is 23.2. The zero-order valence-corrected chi connectivity index (χ0v) is 10.4. The Kier molecular flexibility index (Phi) is 4.10. The van der Waals surface area contributed by atoms with E-state index in [1.165, 1.54) is 5.57 Å². The summed E-state index contributed by atoms with van der Waals surface area (Å²) in [5, 5.41) is 8.39. The first-order chi connectivity index (χ1) is 7.78. The summed E-state index contributed by atoms with van der Waals surface area (Å²) in [5.41, 5.74) is 1.31. The van der Waals surface area contributed by atoms with E-state index >= 15 is 0 Å². The van der Waals surface area contributed by atoms with E-state index in [1.54, 1.807) is 0 Å². The minimum atomic E-state index is -1.15. The molecule has 0 aromatic rings. The van der Waals surface area contributed by atoms with Crippen LogP contribution < -0.4 is 0 Å². The van der Waals surface area contributed by atoms with Crippen LogP contribution >= 0.6 is 0 Å². The Bertz CT molecular complexity index is 377. The lowest BCUT2D eigenvalue weighted by molar-refractivity contribution is -0.143. The molecule has 1 aliphatic carbocycles. The van der Waals surface area contributed by atoms with Gasteiger partial charge in [-0.25, -0.2) is 9.59 Å². The van der Waals surface area contributed by atoms with Gasteiger partial charge in [-0.15, -0.1) is 0 Å². The molecule has 0 saturated carbocycles. The largest absolute Gasteiger partial charge is 0.478 e. The van der Waals surface area contributed by atoms with E-state index in [2.05, 4.69) is 13.8 Å². The van der Waals surface area contributed by atoms with Gasteiger partial charge in [-0.2, -0.15) is 0 Å². The zero-order valence-electron chi connectivity index (χ0n) is 10.4. The van der Waals surface area contributed by atoms with Crippen LogP contribution in [0.15, 0.2) is 23.8 Å². The number of rotatable bonds is 3. The minimum absolute atomic E-state index is 0.111. The summed E-state index contributed by atoms with van der Waals surface area (Å²) >= 11 is 0. The number of carbonyl (C=O) groups excluding carboxylic acids is 1. The van der Waals surface area contributed by atoms with Gasteiger partial charge in [0.15, 0.2) is 0 Å². The number of allylic oxidation sites excluding steroid dienone is 1. The summed E-state index contributed by atoms with van der Waals surface area (Å²) < 4.78 is 5.18. The predicted molar refractivity (Wildman–Crippen MR) is 63.4 cm³/mol. The van der Waals surface area contributed by atoms with Gasteiger partial charge in [-0.05, 0) is 31.3 Å². The summed E-state index contributed by atoms with van der Waals surface area (Å²) in [6, 6.07) is 0. The van der Waals surface area contributed by atoms with Gasteiger partial charge in [-0.3, -0.25) is 0 Å². The van der Waals surface area contributed by atoms with E-state index in [-0.39, 0.29) is 11.5 Å². The smallest absolute Gasteiger partial charge is 0.331 e. The standard InChI is InChI=1S/C13H18O4/c1-9-6-10(8-13(2,3)7-9)17-12(16)5-4-11(14)15/h4-6,10H,7-8H2,1-3H3,(H,14,15). The Morgan fingerprint density at radius 3 is 2.65 bits per heavy atom. The molecule has 0 amide bonds. The molecule has 4 heteroatoms. The number of hydrogen-bond donors (Lipinski definition) is 1. The van der Waals surface area contributed by atoms with Gasteiger partial charge in [-0.1, -0.05) is 19.4 Å². The topological polar surface area (TPSA) is 63.6 Å². The number of ether oxygens (including phenoxy) is 1. The molecule has 0 spiro atoms.